The number of aliphatic hydroxyl groups excluding tert-OH is 1. The average Bonchev–Trinajstić information content (AvgIpc) is 2.52. The summed E-state index contributed by atoms with van der Waals surface area (Å²) in [6.07, 6.45) is -4.45. The van der Waals surface area contributed by atoms with E-state index in [1.165, 1.54) is 12.1 Å². The highest BCUT2D eigenvalue weighted by Gasteiger charge is 2.32. The van der Waals surface area contributed by atoms with Crippen molar-refractivity contribution in [3.8, 4) is 11.5 Å². The van der Waals surface area contributed by atoms with Crippen molar-refractivity contribution in [2.75, 3.05) is 13.1 Å². The summed E-state index contributed by atoms with van der Waals surface area (Å²) in [5, 5.41) is 9.15. The van der Waals surface area contributed by atoms with Crippen LogP contribution < -0.4 is 9.47 Å². The fourth-order valence-electron chi connectivity index (χ4n) is 2.63. The molecule has 0 atom stereocenters. The third-order valence-electron chi connectivity index (χ3n) is 3.83. The van der Waals surface area contributed by atoms with E-state index in [0.717, 1.165) is 6.07 Å². The zero-order valence-electron chi connectivity index (χ0n) is 15.5. The number of benzene rings is 1. The summed E-state index contributed by atoms with van der Waals surface area (Å²) >= 11 is 0. The molecule has 0 aliphatic carbocycles. The van der Waals surface area contributed by atoms with Gasteiger partial charge in [0.25, 0.3) is 0 Å². The maximum atomic E-state index is 12.5. The smallest absolute Gasteiger partial charge is 0.490 e. The van der Waals surface area contributed by atoms with Crippen molar-refractivity contribution in [1.29, 1.82) is 0 Å². The van der Waals surface area contributed by atoms with Crippen LogP contribution in [0.25, 0.3) is 0 Å². The average molecular weight is 391 g/mol. The van der Waals surface area contributed by atoms with Crippen LogP contribution in [0, 0.1) is 0 Å². The molecule has 9 heteroatoms. The van der Waals surface area contributed by atoms with Crippen molar-refractivity contribution < 1.29 is 37.3 Å². The number of ether oxygens (including phenoxy) is 3. The second kappa shape index (κ2) is 8.24. The first-order valence-corrected chi connectivity index (χ1v) is 8.61. The van der Waals surface area contributed by atoms with Gasteiger partial charge in [0.15, 0.2) is 0 Å². The molecule has 0 aromatic heterocycles. The first-order valence-electron chi connectivity index (χ1n) is 8.61. The maximum absolute atomic E-state index is 12.5. The van der Waals surface area contributed by atoms with Crippen LogP contribution in [0.2, 0.25) is 0 Å². The Morgan fingerprint density at radius 1 is 1.22 bits per heavy atom. The Bertz CT molecular complexity index is 649. The number of hydrogen-bond acceptors (Lipinski definition) is 5. The minimum absolute atomic E-state index is 0.0134. The first-order chi connectivity index (χ1) is 12.5. The number of hydrogen-bond donors (Lipinski definition) is 1. The number of rotatable bonds is 4. The zero-order chi connectivity index (χ0) is 20.2. The van der Waals surface area contributed by atoms with Crippen LogP contribution in [-0.4, -0.2) is 47.3 Å². The number of nitrogens with zero attached hydrogens (tertiary/aromatic N) is 1. The van der Waals surface area contributed by atoms with E-state index < -0.39 is 30.4 Å². The number of aliphatic hydroxyl groups is 1. The fraction of sp³-hybridized carbons (Fsp3) is 0.611. The third kappa shape index (κ3) is 6.82. The molecule has 6 nitrogen and oxygen atoms in total. The van der Waals surface area contributed by atoms with Crippen LogP contribution in [0.15, 0.2) is 18.2 Å². The normalized spacial score (nSPS) is 16.2. The molecule has 0 bridgehead atoms. The Labute approximate surface area is 155 Å². The van der Waals surface area contributed by atoms with Crippen LogP contribution in [0.1, 0.15) is 39.2 Å². The highest BCUT2D eigenvalue weighted by molar-refractivity contribution is 5.68. The molecule has 1 aliphatic rings. The number of piperidine rings is 1. The Hall–Kier alpha value is -2.16. The monoisotopic (exact) mass is 391 g/mol. The fourth-order valence-corrected chi connectivity index (χ4v) is 2.63. The van der Waals surface area contributed by atoms with Gasteiger partial charge in [-0.1, -0.05) is 0 Å². The summed E-state index contributed by atoms with van der Waals surface area (Å²) in [4.78, 5) is 13.6. The Kier molecular flexibility index (Phi) is 6.46. The lowest BCUT2D eigenvalue weighted by atomic mass is 10.1. The van der Waals surface area contributed by atoms with Crippen molar-refractivity contribution in [1.82, 2.24) is 4.90 Å². The molecule has 1 saturated heterocycles. The first kappa shape index (κ1) is 21.1. The summed E-state index contributed by atoms with van der Waals surface area (Å²) < 4.78 is 52.5. The standard InChI is InChI=1S/C18H24F3NO5/c1-17(2,3)27-16(24)22-8-6-13(7-9-22)25-14-5-4-12(11-23)15(10-14)26-18(19,20)21/h4-5,10,13,23H,6-9,11H2,1-3H3. The molecule has 0 spiro atoms. The van der Waals surface area contributed by atoms with E-state index in [0.29, 0.717) is 25.9 Å². The van der Waals surface area contributed by atoms with Crippen molar-refractivity contribution in [3.05, 3.63) is 23.8 Å². The van der Waals surface area contributed by atoms with E-state index in [1.54, 1.807) is 25.7 Å². The van der Waals surface area contributed by atoms with Crippen LogP contribution >= 0.6 is 0 Å². The molecule has 1 aliphatic heterocycles. The van der Waals surface area contributed by atoms with Crippen molar-refractivity contribution in [2.45, 2.75) is 58.3 Å². The van der Waals surface area contributed by atoms with Crippen LogP contribution in [0.3, 0.4) is 0 Å². The molecule has 27 heavy (non-hydrogen) atoms. The minimum atomic E-state index is -4.86. The number of alkyl halides is 3. The van der Waals surface area contributed by atoms with Gasteiger partial charge in [0.05, 0.1) is 6.61 Å². The predicted molar refractivity (Wildman–Crippen MR) is 90.5 cm³/mol. The maximum Gasteiger partial charge on any atom is 0.573 e. The molecule has 1 aromatic carbocycles. The summed E-state index contributed by atoms with van der Waals surface area (Å²) in [5.74, 6) is -0.282. The van der Waals surface area contributed by atoms with E-state index in [4.69, 9.17) is 14.6 Å². The summed E-state index contributed by atoms with van der Waals surface area (Å²) in [6.45, 7) is 5.65. The van der Waals surface area contributed by atoms with E-state index >= 15 is 0 Å². The molecule has 152 valence electrons. The molecule has 1 aromatic rings. The van der Waals surface area contributed by atoms with Gasteiger partial charge in [0.2, 0.25) is 0 Å². The lowest BCUT2D eigenvalue weighted by Crippen LogP contribution is -2.44. The number of halogens is 3. The molecule has 2 rings (SSSR count). The molecular weight excluding hydrogens is 367 g/mol. The molecule has 1 N–H and O–H groups in total. The highest BCUT2D eigenvalue weighted by Crippen LogP contribution is 2.31. The zero-order valence-corrected chi connectivity index (χ0v) is 15.5. The molecule has 1 heterocycles. The molecular formula is C18H24F3NO5. The molecule has 0 radical (unpaired) electrons. The van der Waals surface area contributed by atoms with Gasteiger partial charge < -0.3 is 24.2 Å². The number of amides is 1. The number of carbonyl (C=O) groups is 1. The third-order valence-corrected chi connectivity index (χ3v) is 3.83. The van der Waals surface area contributed by atoms with E-state index in [1.807, 2.05) is 0 Å². The Morgan fingerprint density at radius 2 is 1.85 bits per heavy atom. The highest BCUT2D eigenvalue weighted by atomic mass is 19.4. The molecule has 1 amide bonds. The van der Waals surface area contributed by atoms with Gasteiger partial charge in [-0.15, -0.1) is 13.2 Å². The molecule has 0 saturated carbocycles. The number of likely N-dealkylation sites (tertiary alicyclic amines) is 1. The van der Waals surface area contributed by atoms with Crippen LogP contribution in [0.5, 0.6) is 11.5 Å². The van der Waals surface area contributed by atoms with Gasteiger partial charge in [-0.05, 0) is 32.9 Å². The van der Waals surface area contributed by atoms with Gasteiger partial charge in [0.1, 0.15) is 23.2 Å². The SMILES string of the molecule is CC(C)(C)OC(=O)N1CCC(Oc2ccc(CO)c(OC(F)(F)F)c2)CC1. The molecule has 0 unspecified atom stereocenters. The summed E-state index contributed by atoms with van der Waals surface area (Å²) in [7, 11) is 0. The van der Waals surface area contributed by atoms with Crippen molar-refractivity contribution in [2.24, 2.45) is 0 Å². The number of carbonyl (C=O) groups excluding carboxylic acids is 1. The predicted octanol–water partition coefficient (Wildman–Crippen LogP) is 3.86. The van der Waals surface area contributed by atoms with Gasteiger partial charge in [-0.3, -0.25) is 0 Å². The largest absolute Gasteiger partial charge is 0.573 e. The summed E-state index contributed by atoms with van der Waals surface area (Å²) in [5.41, 5.74) is -0.562. The van der Waals surface area contributed by atoms with Crippen molar-refractivity contribution >= 4 is 6.09 Å². The lowest BCUT2D eigenvalue weighted by Gasteiger charge is -2.33. The lowest BCUT2D eigenvalue weighted by molar-refractivity contribution is -0.275. The van der Waals surface area contributed by atoms with E-state index in [-0.39, 0.29) is 17.4 Å². The van der Waals surface area contributed by atoms with Crippen molar-refractivity contribution in [3.63, 3.8) is 0 Å². The summed E-state index contributed by atoms with van der Waals surface area (Å²) in [6, 6.07) is 3.92. The van der Waals surface area contributed by atoms with Gasteiger partial charge in [0, 0.05) is 37.6 Å². The van der Waals surface area contributed by atoms with Crippen LogP contribution in [0.4, 0.5) is 18.0 Å². The minimum Gasteiger partial charge on any atom is -0.490 e. The van der Waals surface area contributed by atoms with Crippen LogP contribution in [-0.2, 0) is 11.3 Å². The second-order valence-corrected chi connectivity index (χ2v) is 7.26. The van der Waals surface area contributed by atoms with Gasteiger partial charge >= 0.3 is 12.5 Å². The Balaban J connectivity index is 1.95. The molecule has 1 fully saturated rings. The second-order valence-electron chi connectivity index (χ2n) is 7.26. The van der Waals surface area contributed by atoms with E-state index in [9.17, 15) is 18.0 Å². The van der Waals surface area contributed by atoms with Gasteiger partial charge in [-0.2, -0.15) is 0 Å². The topological polar surface area (TPSA) is 68.2 Å². The van der Waals surface area contributed by atoms with Gasteiger partial charge in [-0.25, -0.2) is 4.79 Å². The quantitative estimate of drug-likeness (QED) is 0.844. The van der Waals surface area contributed by atoms with E-state index in [2.05, 4.69) is 4.74 Å². The Morgan fingerprint density at radius 3 is 2.37 bits per heavy atom.